The molecule has 7 heteroatoms. The standard InChI is InChI=1S/C30H40N6O/c1-17(2)25-26-20(5)27(21-7-9-22(10-8-21)32-13-30(6)14-37-15-30)31-11-24(26)35-28(25)23-12-36-29(33-16-34-36)19(4)18(23)3/h11-12,16-17,21-22,32,35H,7-10,13-15H2,1-6H3. The number of aryl methyl sites for hydroxylation is 2. The Morgan fingerprint density at radius 1 is 1.08 bits per heavy atom. The number of pyridine rings is 2. The van der Waals surface area contributed by atoms with Crippen LogP contribution in [-0.4, -0.2) is 50.4 Å². The van der Waals surface area contributed by atoms with Crippen molar-refractivity contribution >= 4 is 16.6 Å². The maximum atomic E-state index is 5.43. The van der Waals surface area contributed by atoms with Crippen molar-refractivity contribution in [3.8, 4) is 11.3 Å². The molecule has 5 heterocycles. The quantitative estimate of drug-likeness (QED) is 0.341. The van der Waals surface area contributed by atoms with E-state index in [4.69, 9.17) is 9.72 Å². The summed E-state index contributed by atoms with van der Waals surface area (Å²) in [7, 11) is 0. The molecule has 4 aromatic heterocycles. The molecule has 0 spiro atoms. The number of fused-ring (bicyclic) bond motifs is 2. The topological polar surface area (TPSA) is 80.1 Å². The fraction of sp³-hybridized carbons (Fsp3) is 0.567. The van der Waals surface area contributed by atoms with Crippen LogP contribution in [0.4, 0.5) is 0 Å². The van der Waals surface area contributed by atoms with Crippen LogP contribution >= 0.6 is 0 Å². The minimum absolute atomic E-state index is 0.328. The summed E-state index contributed by atoms with van der Waals surface area (Å²) < 4.78 is 7.32. The average molecular weight is 501 g/mol. The molecule has 0 amide bonds. The van der Waals surface area contributed by atoms with Gasteiger partial charge in [0, 0.05) is 46.8 Å². The highest BCUT2D eigenvalue weighted by molar-refractivity contribution is 5.94. The van der Waals surface area contributed by atoms with E-state index in [1.54, 1.807) is 6.33 Å². The molecule has 2 fully saturated rings. The van der Waals surface area contributed by atoms with Crippen molar-refractivity contribution in [2.24, 2.45) is 5.41 Å². The third kappa shape index (κ3) is 4.16. The zero-order valence-corrected chi connectivity index (χ0v) is 23.1. The summed E-state index contributed by atoms with van der Waals surface area (Å²) in [6.07, 6.45) is 10.6. The highest BCUT2D eigenvalue weighted by atomic mass is 16.5. The van der Waals surface area contributed by atoms with Gasteiger partial charge in [0.05, 0.1) is 30.6 Å². The second-order valence-electron chi connectivity index (χ2n) is 12.2. The lowest BCUT2D eigenvalue weighted by Crippen LogP contribution is -2.50. The Balaban J connectivity index is 1.32. The van der Waals surface area contributed by atoms with E-state index in [2.05, 4.69) is 74.3 Å². The van der Waals surface area contributed by atoms with E-state index in [9.17, 15) is 0 Å². The first-order valence-electron chi connectivity index (χ1n) is 13.9. The van der Waals surface area contributed by atoms with Gasteiger partial charge in [-0.15, -0.1) is 0 Å². The summed E-state index contributed by atoms with van der Waals surface area (Å²) in [6, 6.07) is 0.612. The third-order valence-corrected chi connectivity index (χ3v) is 8.97. The third-order valence-electron chi connectivity index (χ3n) is 8.97. The predicted octanol–water partition coefficient (Wildman–Crippen LogP) is 5.97. The second kappa shape index (κ2) is 9.21. The van der Waals surface area contributed by atoms with E-state index >= 15 is 0 Å². The number of nitrogens with one attached hydrogen (secondary N) is 2. The zero-order chi connectivity index (χ0) is 25.9. The van der Waals surface area contributed by atoms with Crippen molar-refractivity contribution in [2.75, 3.05) is 19.8 Å². The van der Waals surface area contributed by atoms with Gasteiger partial charge in [0.2, 0.25) is 0 Å². The smallest absolute Gasteiger partial charge is 0.158 e. The Kier molecular flexibility index (Phi) is 6.11. The summed E-state index contributed by atoms with van der Waals surface area (Å²) >= 11 is 0. The highest BCUT2D eigenvalue weighted by Crippen LogP contribution is 2.42. The Morgan fingerprint density at radius 3 is 2.51 bits per heavy atom. The normalized spacial score (nSPS) is 21.7. The molecule has 1 saturated heterocycles. The first-order valence-corrected chi connectivity index (χ1v) is 13.9. The first-order chi connectivity index (χ1) is 17.8. The molecule has 6 rings (SSSR count). The second-order valence-corrected chi connectivity index (χ2v) is 12.2. The largest absolute Gasteiger partial charge is 0.380 e. The van der Waals surface area contributed by atoms with Crippen molar-refractivity contribution in [1.82, 2.24) is 29.9 Å². The number of rotatable bonds is 6. The summed E-state index contributed by atoms with van der Waals surface area (Å²) in [5.74, 6) is 0.902. The van der Waals surface area contributed by atoms with E-state index in [0.29, 0.717) is 23.3 Å². The van der Waals surface area contributed by atoms with Crippen LogP contribution < -0.4 is 5.32 Å². The molecular formula is C30H40N6O. The molecule has 7 nitrogen and oxygen atoms in total. The van der Waals surface area contributed by atoms with Crippen molar-refractivity contribution in [2.45, 2.75) is 85.1 Å². The first kappa shape index (κ1) is 24.6. The van der Waals surface area contributed by atoms with Gasteiger partial charge in [-0.05, 0) is 74.6 Å². The summed E-state index contributed by atoms with van der Waals surface area (Å²) in [4.78, 5) is 13.3. The monoisotopic (exact) mass is 500 g/mol. The highest BCUT2D eigenvalue weighted by Gasteiger charge is 2.34. The average Bonchev–Trinajstić information content (AvgIpc) is 3.50. The number of hydrogen-bond donors (Lipinski definition) is 2. The lowest BCUT2D eigenvalue weighted by Gasteiger charge is -2.40. The molecule has 37 heavy (non-hydrogen) atoms. The Bertz CT molecular complexity index is 1450. The number of H-pyrrole nitrogens is 1. The number of aromatic nitrogens is 5. The van der Waals surface area contributed by atoms with Gasteiger partial charge in [0.15, 0.2) is 5.65 Å². The van der Waals surface area contributed by atoms with E-state index in [0.717, 1.165) is 30.9 Å². The van der Waals surface area contributed by atoms with Gasteiger partial charge < -0.3 is 15.0 Å². The Morgan fingerprint density at radius 2 is 1.84 bits per heavy atom. The molecule has 0 bridgehead atoms. The summed E-state index contributed by atoms with van der Waals surface area (Å²) in [6.45, 7) is 16.4. The molecule has 0 atom stereocenters. The maximum absolute atomic E-state index is 5.43. The van der Waals surface area contributed by atoms with E-state index in [-0.39, 0.29) is 0 Å². The molecular weight excluding hydrogens is 460 g/mol. The molecule has 2 aliphatic rings. The van der Waals surface area contributed by atoms with Crippen molar-refractivity contribution in [3.63, 3.8) is 0 Å². The van der Waals surface area contributed by atoms with Crippen LogP contribution in [0.1, 0.15) is 86.2 Å². The van der Waals surface area contributed by atoms with Crippen LogP contribution in [-0.2, 0) is 4.74 Å². The SMILES string of the molecule is Cc1c(-c2[nH]c3cnc(C4CCC(NCC5(C)COC5)CC4)c(C)c3c2C(C)C)cn2ncnc2c1C. The fourth-order valence-electron chi connectivity index (χ4n) is 6.56. The Hall–Kier alpha value is -2.77. The van der Waals surface area contributed by atoms with Gasteiger partial charge in [-0.3, -0.25) is 4.98 Å². The van der Waals surface area contributed by atoms with Crippen LogP contribution in [0.3, 0.4) is 0 Å². The molecule has 196 valence electrons. The van der Waals surface area contributed by atoms with Crippen molar-refractivity contribution < 1.29 is 4.74 Å². The van der Waals surface area contributed by atoms with Gasteiger partial charge >= 0.3 is 0 Å². The zero-order valence-electron chi connectivity index (χ0n) is 23.1. The van der Waals surface area contributed by atoms with Crippen molar-refractivity contribution in [3.05, 3.63) is 46.7 Å². The number of aromatic amines is 1. The van der Waals surface area contributed by atoms with E-state index < -0.39 is 0 Å². The maximum Gasteiger partial charge on any atom is 0.158 e. The predicted molar refractivity (Wildman–Crippen MR) is 148 cm³/mol. The van der Waals surface area contributed by atoms with Crippen LogP contribution in [0, 0.1) is 26.2 Å². The van der Waals surface area contributed by atoms with Crippen molar-refractivity contribution in [1.29, 1.82) is 0 Å². The number of nitrogens with zero attached hydrogens (tertiary/aromatic N) is 4. The minimum Gasteiger partial charge on any atom is -0.380 e. The van der Waals surface area contributed by atoms with E-state index in [1.807, 2.05) is 4.52 Å². The molecule has 0 radical (unpaired) electrons. The number of ether oxygens (including phenoxy) is 1. The minimum atomic E-state index is 0.328. The summed E-state index contributed by atoms with van der Waals surface area (Å²) in [5.41, 5.74) is 11.2. The van der Waals surface area contributed by atoms with Crippen LogP contribution in [0.25, 0.3) is 27.8 Å². The van der Waals surface area contributed by atoms with Gasteiger partial charge in [-0.2, -0.15) is 5.10 Å². The molecule has 2 N–H and O–H groups in total. The molecule has 1 aliphatic heterocycles. The van der Waals surface area contributed by atoms with E-state index in [1.165, 1.54) is 70.3 Å². The van der Waals surface area contributed by atoms with Crippen LogP contribution in [0.15, 0.2) is 18.7 Å². The van der Waals surface area contributed by atoms with Crippen LogP contribution in [0.2, 0.25) is 0 Å². The number of hydrogen-bond acceptors (Lipinski definition) is 5. The van der Waals surface area contributed by atoms with Gasteiger partial charge in [0.1, 0.15) is 6.33 Å². The molecule has 1 saturated carbocycles. The van der Waals surface area contributed by atoms with Gasteiger partial charge in [-0.25, -0.2) is 9.50 Å². The fourth-order valence-corrected chi connectivity index (χ4v) is 6.56. The molecule has 0 unspecified atom stereocenters. The lowest BCUT2D eigenvalue weighted by atomic mass is 9.81. The molecule has 1 aliphatic carbocycles. The van der Waals surface area contributed by atoms with Gasteiger partial charge in [-0.1, -0.05) is 20.8 Å². The molecule has 4 aromatic rings. The molecule has 0 aromatic carbocycles. The van der Waals surface area contributed by atoms with Gasteiger partial charge in [0.25, 0.3) is 0 Å². The Labute approximate surface area is 219 Å². The summed E-state index contributed by atoms with van der Waals surface area (Å²) in [5, 5.41) is 9.62. The lowest BCUT2D eigenvalue weighted by molar-refractivity contribution is -0.100. The van der Waals surface area contributed by atoms with Crippen LogP contribution in [0.5, 0.6) is 0 Å².